The minimum absolute atomic E-state index is 0.458. The predicted octanol–water partition coefficient (Wildman–Crippen LogP) is 1.90. The first-order valence-corrected chi connectivity index (χ1v) is 6.93. The van der Waals surface area contributed by atoms with Gasteiger partial charge in [-0.1, -0.05) is 0 Å². The first-order chi connectivity index (χ1) is 6.84. The fourth-order valence-corrected chi connectivity index (χ4v) is 3.55. The van der Waals surface area contributed by atoms with Gasteiger partial charge in [0.15, 0.2) is 0 Å². The molecule has 0 spiro atoms. The van der Waals surface area contributed by atoms with Crippen LogP contribution in [0.15, 0.2) is 0 Å². The van der Waals surface area contributed by atoms with Crippen LogP contribution < -0.4 is 5.32 Å². The van der Waals surface area contributed by atoms with Crippen LogP contribution in [0, 0.1) is 5.92 Å². The summed E-state index contributed by atoms with van der Waals surface area (Å²) in [5.41, 5.74) is 0. The van der Waals surface area contributed by atoms with Crippen molar-refractivity contribution in [2.45, 2.75) is 38.3 Å². The maximum absolute atomic E-state index is 5.54. The summed E-state index contributed by atoms with van der Waals surface area (Å²) in [6.07, 6.45) is 4.26. The van der Waals surface area contributed by atoms with Gasteiger partial charge in [-0.3, -0.25) is 0 Å². The van der Waals surface area contributed by atoms with Crippen LogP contribution in [0.4, 0.5) is 0 Å². The van der Waals surface area contributed by atoms with E-state index in [1.54, 1.807) is 0 Å². The Morgan fingerprint density at radius 1 is 1.43 bits per heavy atom. The zero-order chi connectivity index (χ0) is 9.80. The van der Waals surface area contributed by atoms with Crippen molar-refractivity contribution in [3.8, 4) is 0 Å². The van der Waals surface area contributed by atoms with Crippen LogP contribution in [-0.4, -0.2) is 36.8 Å². The lowest BCUT2D eigenvalue weighted by Gasteiger charge is -2.28. The van der Waals surface area contributed by atoms with E-state index in [9.17, 15) is 0 Å². The van der Waals surface area contributed by atoms with Crippen LogP contribution in [-0.2, 0) is 4.74 Å². The molecule has 0 aromatic rings. The molecule has 2 aliphatic heterocycles. The SMILES string of the molecule is CC1CC(NCC2CCSC2)CCO1. The number of thioether (sulfide) groups is 1. The molecule has 2 rings (SSSR count). The van der Waals surface area contributed by atoms with E-state index in [0.29, 0.717) is 12.1 Å². The van der Waals surface area contributed by atoms with Crippen LogP contribution in [0.2, 0.25) is 0 Å². The Hall–Kier alpha value is 0.270. The Balaban J connectivity index is 1.64. The number of hydrogen-bond acceptors (Lipinski definition) is 3. The Morgan fingerprint density at radius 2 is 2.36 bits per heavy atom. The monoisotopic (exact) mass is 215 g/mol. The van der Waals surface area contributed by atoms with E-state index in [2.05, 4.69) is 24.0 Å². The van der Waals surface area contributed by atoms with Gasteiger partial charge in [-0.25, -0.2) is 0 Å². The lowest BCUT2D eigenvalue weighted by molar-refractivity contribution is 0.0129. The van der Waals surface area contributed by atoms with Gasteiger partial charge in [-0.05, 0) is 50.2 Å². The van der Waals surface area contributed by atoms with Crippen molar-refractivity contribution in [2.24, 2.45) is 5.92 Å². The summed E-state index contributed by atoms with van der Waals surface area (Å²) >= 11 is 2.10. The van der Waals surface area contributed by atoms with E-state index in [1.165, 1.54) is 37.3 Å². The van der Waals surface area contributed by atoms with Crippen LogP contribution in [0.5, 0.6) is 0 Å². The highest BCUT2D eigenvalue weighted by atomic mass is 32.2. The Kier molecular flexibility index (Phi) is 4.14. The molecule has 0 amide bonds. The molecule has 2 saturated heterocycles. The molecule has 0 bridgehead atoms. The summed E-state index contributed by atoms with van der Waals surface area (Å²) in [7, 11) is 0. The van der Waals surface area contributed by atoms with E-state index in [1.807, 2.05) is 0 Å². The molecule has 2 nitrogen and oxygen atoms in total. The Labute approximate surface area is 91.2 Å². The second-order valence-electron chi connectivity index (χ2n) is 4.54. The van der Waals surface area contributed by atoms with Gasteiger partial charge < -0.3 is 10.1 Å². The molecule has 2 aliphatic rings. The first-order valence-electron chi connectivity index (χ1n) is 5.77. The van der Waals surface area contributed by atoms with Gasteiger partial charge in [0.05, 0.1) is 6.10 Å². The van der Waals surface area contributed by atoms with Gasteiger partial charge in [-0.2, -0.15) is 11.8 Å². The van der Waals surface area contributed by atoms with Crippen molar-refractivity contribution in [3.05, 3.63) is 0 Å². The number of rotatable bonds is 3. The second-order valence-corrected chi connectivity index (χ2v) is 5.69. The molecule has 82 valence electrons. The highest BCUT2D eigenvalue weighted by molar-refractivity contribution is 7.99. The average molecular weight is 215 g/mol. The van der Waals surface area contributed by atoms with Gasteiger partial charge >= 0.3 is 0 Å². The van der Waals surface area contributed by atoms with Crippen molar-refractivity contribution in [1.29, 1.82) is 0 Å². The van der Waals surface area contributed by atoms with Gasteiger partial charge in [0, 0.05) is 12.6 Å². The van der Waals surface area contributed by atoms with Crippen LogP contribution in [0.1, 0.15) is 26.2 Å². The summed E-state index contributed by atoms with van der Waals surface area (Å²) in [4.78, 5) is 0. The molecule has 14 heavy (non-hydrogen) atoms. The van der Waals surface area contributed by atoms with Gasteiger partial charge in [0.2, 0.25) is 0 Å². The quantitative estimate of drug-likeness (QED) is 0.777. The van der Waals surface area contributed by atoms with Gasteiger partial charge in [0.1, 0.15) is 0 Å². The molecule has 3 unspecified atom stereocenters. The molecule has 1 N–H and O–H groups in total. The standard InChI is InChI=1S/C11H21NOS/c1-9-6-11(2-4-13-9)12-7-10-3-5-14-8-10/h9-12H,2-8H2,1H3. The van der Waals surface area contributed by atoms with Gasteiger partial charge in [0.25, 0.3) is 0 Å². The molecule has 0 aromatic carbocycles. The van der Waals surface area contributed by atoms with Crippen molar-refractivity contribution in [1.82, 2.24) is 5.32 Å². The van der Waals surface area contributed by atoms with E-state index in [-0.39, 0.29) is 0 Å². The molecule has 0 aromatic heterocycles. The summed E-state index contributed by atoms with van der Waals surface area (Å²) in [5.74, 6) is 3.67. The predicted molar refractivity (Wildman–Crippen MR) is 61.9 cm³/mol. The third-order valence-electron chi connectivity index (χ3n) is 3.20. The topological polar surface area (TPSA) is 21.3 Å². The minimum Gasteiger partial charge on any atom is -0.378 e. The molecule has 3 heteroatoms. The highest BCUT2D eigenvalue weighted by Gasteiger charge is 2.21. The van der Waals surface area contributed by atoms with Crippen molar-refractivity contribution >= 4 is 11.8 Å². The van der Waals surface area contributed by atoms with Crippen LogP contribution >= 0.6 is 11.8 Å². The van der Waals surface area contributed by atoms with E-state index in [4.69, 9.17) is 4.74 Å². The molecule has 2 heterocycles. The van der Waals surface area contributed by atoms with E-state index < -0.39 is 0 Å². The first kappa shape index (κ1) is 10.8. The number of hydrogen-bond donors (Lipinski definition) is 1. The van der Waals surface area contributed by atoms with Crippen LogP contribution in [0.25, 0.3) is 0 Å². The second kappa shape index (κ2) is 5.38. The lowest BCUT2D eigenvalue weighted by Crippen LogP contribution is -2.40. The van der Waals surface area contributed by atoms with Crippen LogP contribution in [0.3, 0.4) is 0 Å². The summed E-state index contributed by atoms with van der Waals surface area (Å²) in [5, 5.41) is 3.70. The zero-order valence-electron chi connectivity index (χ0n) is 9.00. The third kappa shape index (κ3) is 3.14. The molecule has 0 radical (unpaired) electrons. The molecular formula is C11H21NOS. The molecule has 0 aliphatic carbocycles. The number of ether oxygens (including phenoxy) is 1. The van der Waals surface area contributed by atoms with Gasteiger partial charge in [-0.15, -0.1) is 0 Å². The molecule has 0 saturated carbocycles. The van der Waals surface area contributed by atoms with Crippen molar-refractivity contribution in [3.63, 3.8) is 0 Å². The highest BCUT2D eigenvalue weighted by Crippen LogP contribution is 2.23. The maximum atomic E-state index is 5.54. The third-order valence-corrected chi connectivity index (χ3v) is 4.44. The van der Waals surface area contributed by atoms with Crippen molar-refractivity contribution in [2.75, 3.05) is 24.7 Å². The summed E-state index contributed by atoms with van der Waals surface area (Å²) < 4.78 is 5.54. The summed E-state index contributed by atoms with van der Waals surface area (Å²) in [6.45, 7) is 4.35. The fraction of sp³-hybridized carbons (Fsp3) is 1.00. The molecule has 3 atom stereocenters. The van der Waals surface area contributed by atoms with E-state index in [0.717, 1.165) is 12.5 Å². The Morgan fingerprint density at radius 3 is 3.07 bits per heavy atom. The van der Waals surface area contributed by atoms with E-state index >= 15 is 0 Å². The smallest absolute Gasteiger partial charge is 0.0561 e. The average Bonchev–Trinajstić information content (AvgIpc) is 2.67. The fourth-order valence-electron chi connectivity index (χ4n) is 2.26. The summed E-state index contributed by atoms with van der Waals surface area (Å²) in [6, 6.07) is 0.712. The normalized spacial score (nSPS) is 38.8. The number of nitrogens with one attached hydrogen (secondary N) is 1. The lowest BCUT2D eigenvalue weighted by atomic mass is 10.0. The Bertz CT molecular complexity index is 171. The largest absolute Gasteiger partial charge is 0.378 e. The van der Waals surface area contributed by atoms with Crippen molar-refractivity contribution < 1.29 is 4.74 Å². The maximum Gasteiger partial charge on any atom is 0.0561 e. The minimum atomic E-state index is 0.458. The zero-order valence-corrected chi connectivity index (χ0v) is 9.81. The molecular weight excluding hydrogens is 194 g/mol. The molecule has 2 fully saturated rings.